The molecule has 4 nitrogen and oxygen atoms in total. The van der Waals surface area contributed by atoms with Gasteiger partial charge in [0.1, 0.15) is 0 Å². The van der Waals surface area contributed by atoms with Crippen LogP contribution in [0.2, 0.25) is 0 Å². The standard InChI is InChI=1S/C14H26N2O2/c1-4-14(3)11(8-12(14)18-5-2)15-9-13(17)16-10-6-7-10/h10-12,15H,4-9H2,1-3H3,(H,16,17). The normalized spacial score (nSPS) is 35.1. The highest BCUT2D eigenvalue weighted by Gasteiger charge is 2.50. The SMILES string of the molecule is CCOC1CC(NCC(=O)NC2CC2)C1(C)CC. The van der Waals surface area contributed by atoms with E-state index in [1.54, 1.807) is 0 Å². The van der Waals surface area contributed by atoms with Gasteiger partial charge in [-0.1, -0.05) is 13.8 Å². The van der Waals surface area contributed by atoms with Crippen LogP contribution in [0.4, 0.5) is 0 Å². The van der Waals surface area contributed by atoms with Gasteiger partial charge in [0.25, 0.3) is 0 Å². The van der Waals surface area contributed by atoms with Crippen molar-refractivity contribution in [3.63, 3.8) is 0 Å². The molecule has 0 saturated heterocycles. The first-order valence-electron chi connectivity index (χ1n) is 7.24. The van der Waals surface area contributed by atoms with Crippen LogP contribution in [-0.2, 0) is 9.53 Å². The van der Waals surface area contributed by atoms with Gasteiger partial charge in [-0.2, -0.15) is 0 Å². The molecule has 3 atom stereocenters. The molecule has 2 aliphatic rings. The van der Waals surface area contributed by atoms with Gasteiger partial charge in [-0.05, 0) is 32.6 Å². The van der Waals surface area contributed by atoms with Crippen molar-refractivity contribution in [2.45, 2.75) is 64.6 Å². The molecule has 2 aliphatic carbocycles. The van der Waals surface area contributed by atoms with Gasteiger partial charge in [0, 0.05) is 24.1 Å². The Bertz CT molecular complexity index is 304. The van der Waals surface area contributed by atoms with E-state index < -0.39 is 0 Å². The van der Waals surface area contributed by atoms with Crippen molar-refractivity contribution in [3.8, 4) is 0 Å². The lowest BCUT2D eigenvalue weighted by atomic mass is 9.61. The summed E-state index contributed by atoms with van der Waals surface area (Å²) in [4.78, 5) is 11.6. The highest BCUT2D eigenvalue weighted by Crippen LogP contribution is 2.45. The first-order valence-corrected chi connectivity index (χ1v) is 7.24. The Balaban J connectivity index is 1.74. The maximum Gasteiger partial charge on any atom is 0.234 e. The van der Waals surface area contributed by atoms with E-state index in [1.165, 1.54) is 0 Å². The molecule has 2 N–H and O–H groups in total. The van der Waals surface area contributed by atoms with E-state index in [0.29, 0.717) is 24.7 Å². The fourth-order valence-electron chi connectivity index (χ4n) is 2.79. The smallest absolute Gasteiger partial charge is 0.234 e. The number of nitrogens with one attached hydrogen (secondary N) is 2. The molecule has 2 rings (SSSR count). The van der Waals surface area contributed by atoms with Crippen molar-refractivity contribution in [2.75, 3.05) is 13.2 Å². The average Bonchev–Trinajstić information content (AvgIpc) is 3.15. The summed E-state index contributed by atoms with van der Waals surface area (Å²) in [5.41, 5.74) is 0.176. The van der Waals surface area contributed by atoms with Gasteiger partial charge < -0.3 is 15.4 Å². The predicted molar refractivity (Wildman–Crippen MR) is 71.4 cm³/mol. The summed E-state index contributed by atoms with van der Waals surface area (Å²) < 4.78 is 5.76. The molecule has 0 aliphatic heterocycles. The van der Waals surface area contributed by atoms with Gasteiger partial charge in [-0.25, -0.2) is 0 Å². The number of carbonyl (C=O) groups is 1. The Morgan fingerprint density at radius 3 is 2.67 bits per heavy atom. The van der Waals surface area contributed by atoms with E-state index >= 15 is 0 Å². The van der Waals surface area contributed by atoms with Gasteiger partial charge in [0.2, 0.25) is 5.91 Å². The summed E-state index contributed by atoms with van der Waals surface area (Å²) >= 11 is 0. The van der Waals surface area contributed by atoms with Crippen LogP contribution in [0.25, 0.3) is 0 Å². The van der Waals surface area contributed by atoms with Crippen molar-refractivity contribution >= 4 is 5.91 Å². The van der Waals surface area contributed by atoms with E-state index in [0.717, 1.165) is 32.3 Å². The Morgan fingerprint density at radius 1 is 1.39 bits per heavy atom. The third-order valence-corrected chi connectivity index (χ3v) is 4.56. The summed E-state index contributed by atoms with van der Waals surface area (Å²) in [6.07, 6.45) is 4.74. The molecular weight excluding hydrogens is 228 g/mol. The van der Waals surface area contributed by atoms with E-state index in [9.17, 15) is 4.79 Å². The summed E-state index contributed by atoms with van der Waals surface area (Å²) in [5, 5.41) is 6.40. The quantitative estimate of drug-likeness (QED) is 0.723. The molecule has 0 bridgehead atoms. The van der Waals surface area contributed by atoms with Gasteiger partial charge in [0.15, 0.2) is 0 Å². The van der Waals surface area contributed by atoms with Crippen LogP contribution in [-0.4, -0.2) is 37.2 Å². The minimum Gasteiger partial charge on any atom is -0.378 e. The molecular formula is C14H26N2O2. The molecule has 104 valence electrons. The van der Waals surface area contributed by atoms with E-state index in [-0.39, 0.29) is 11.3 Å². The first kappa shape index (κ1) is 13.8. The summed E-state index contributed by atoms with van der Waals surface area (Å²) in [6, 6.07) is 0.860. The van der Waals surface area contributed by atoms with Crippen LogP contribution in [0.15, 0.2) is 0 Å². The Hall–Kier alpha value is -0.610. The van der Waals surface area contributed by atoms with Crippen LogP contribution in [0.1, 0.15) is 46.5 Å². The molecule has 1 amide bonds. The summed E-state index contributed by atoms with van der Waals surface area (Å²) in [7, 11) is 0. The second kappa shape index (κ2) is 5.57. The van der Waals surface area contributed by atoms with Gasteiger partial charge in [-0.15, -0.1) is 0 Å². The van der Waals surface area contributed by atoms with Gasteiger partial charge in [-0.3, -0.25) is 4.79 Å². The predicted octanol–water partition coefficient (Wildman–Crippen LogP) is 1.45. The van der Waals surface area contributed by atoms with Crippen LogP contribution >= 0.6 is 0 Å². The Labute approximate surface area is 110 Å². The zero-order chi connectivity index (χ0) is 13.2. The largest absolute Gasteiger partial charge is 0.378 e. The second-order valence-electron chi connectivity index (χ2n) is 5.81. The molecule has 3 unspecified atom stereocenters. The maximum absolute atomic E-state index is 11.6. The lowest BCUT2D eigenvalue weighted by molar-refractivity contribution is -0.131. The van der Waals surface area contributed by atoms with Crippen molar-refractivity contribution in [1.29, 1.82) is 0 Å². The minimum atomic E-state index is 0.135. The molecule has 0 heterocycles. The highest BCUT2D eigenvalue weighted by atomic mass is 16.5. The van der Waals surface area contributed by atoms with Gasteiger partial charge in [0.05, 0.1) is 12.6 Å². The first-order chi connectivity index (χ1) is 8.60. The van der Waals surface area contributed by atoms with Crippen molar-refractivity contribution in [2.24, 2.45) is 5.41 Å². The number of amides is 1. The fourth-order valence-corrected chi connectivity index (χ4v) is 2.79. The molecule has 18 heavy (non-hydrogen) atoms. The van der Waals surface area contributed by atoms with E-state index in [2.05, 4.69) is 24.5 Å². The van der Waals surface area contributed by atoms with Crippen LogP contribution in [0.3, 0.4) is 0 Å². The fraction of sp³-hybridized carbons (Fsp3) is 0.929. The monoisotopic (exact) mass is 254 g/mol. The van der Waals surface area contributed by atoms with Crippen LogP contribution < -0.4 is 10.6 Å². The van der Waals surface area contributed by atoms with Crippen molar-refractivity contribution < 1.29 is 9.53 Å². The Morgan fingerprint density at radius 2 is 2.11 bits per heavy atom. The molecule has 2 fully saturated rings. The highest BCUT2D eigenvalue weighted by molar-refractivity contribution is 5.78. The number of hydrogen-bond acceptors (Lipinski definition) is 3. The number of carbonyl (C=O) groups excluding carboxylic acids is 1. The third-order valence-electron chi connectivity index (χ3n) is 4.56. The van der Waals surface area contributed by atoms with Gasteiger partial charge >= 0.3 is 0 Å². The molecule has 0 spiro atoms. The molecule has 0 aromatic carbocycles. The zero-order valence-corrected chi connectivity index (χ0v) is 11.8. The number of hydrogen-bond donors (Lipinski definition) is 2. The van der Waals surface area contributed by atoms with Crippen molar-refractivity contribution in [1.82, 2.24) is 10.6 Å². The molecule has 0 radical (unpaired) electrons. The maximum atomic E-state index is 11.6. The van der Waals surface area contributed by atoms with Crippen LogP contribution in [0, 0.1) is 5.41 Å². The summed E-state index contributed by atoms with van der Waals surface area (Å²) in [6.45, 7) is 7.71. The number of rotatable bonds is 7. The molecule has 2 saturated carbocycles. The number of ether oxygens (including phenoxy) is 1. The van der Waals surface area contributed by atoms with E-state index in [4.69, 9.17) is 4.74 Å². The average molecular weight is 254 g/mol. The molecule has 0 aromatic heterocycles. The zero-order valence-electron chi connectivity index (χ0n) is 11.8. The lowest BCUT2D eigenvalue weighted by Gasteiger charge is -2.53. The van der Waals surface area contributed by atoms with Crippen LogP contribution in [0.5, 0.6) is 0 Å². The molecule has 4 heteroatoms. The summed E-state index contributed by atoms with van der Waals surface area (Å²) in [5.74, 6) is 0.135. The van der Waals surface area contributed by atoms with E-state index in [1.807, 2.05) is 6.92 Å². The lowest BCUT2D eigenvalue weighted by Crippen LogP contribution is -2.63. The topological polar surface area (TPSA) is 50.4 Å². The Kier molecular flexibility index (Phi) is 4.28. The second-order valence-corrected chi connectivity index (χ2v) is 5.81. The molecule has 0 aromatic rings. The third kappa shape index (κ3) is 2.86. The van der Waals surface area contributed by atoms with Crippen molar-refractivity contribution in [3.05, 3.63) is 0 Å². The minimum absolute atomic E-state index is 0.135.